The molecule has 0 atom stereocenters. The standard InChI is InChI=1S/C24H26N4O3/c1-25-24(27(2)16-18-15-17-9-3-6-12-21(17)31-18)26-13-7-8-14-28-22(29)19-10-4-5-11-20(19)23(28)30/h3-6,9-12,15H,7-8,13-14,16H2,1-2H3,(H,25,26). The molecule has 0 saturated carbocycles. The lowest BCUT2D eigenvalue weighted by Crippen LogP contribution is -2.39. The Balaban J connectivity index is 1.23. The van der Waals surface area contributed by atoms with E-state index in [-0.39, 0.29) is 11.8 Å². The highest BCUT2D eigenvalue weighted by Gasteiger charge is 2.34. The number of hydrogen-bond donors (Lipinski definition) is 1. The van der Waals surface area contributed by atoms with Gasteiger partial charge in [-0.25, -0.2) is 0 Å². The fraction of sp³-hybridized carbons (Fsp3) is 0.292. The molecule has 0 radical (unpaired) electrons. The highest BCUT2D eigenvalue weighted by atomic mass is 16.3. The number of fused-ring (bicyclic) bond motifs is 2. The summed E-state index contributed by atoms with van der Waals surface area (Å²) in [6.07, 6.45) is 1.54. The first-order chi connectivity index (χ1) is 15.1. The number of aliphatic imine (C=N–C) groups is 1. The van der Waals surface area contributed by atoms with E-state index in [1.54, 1.807) is 31.3 Å². The Bertz CT molecular complexity index is 1070. The van der Waals surface area contributed by atoms with Gasteiger partial charge in [0.15, 0.2) is 5.96 Å². The predicted octanol–water partition coefficient (Wildman–Crippen LogP) is 3.52. The van der Waals surface area contributed by atoms with E-state index >= 15 is 0 Å². The van der Waals surface area contributed by atoms with Crippen molar-refractivity contribution in [2.45, 2.75) is 19.4 Å². The fourth-order valence-electron chi connectivity index (χ4n) is 3.85. The van der Waals surface area contributed by atoms with Gasteiger partial charge in [0.1, 0.15) is 11.3 Å². The number of nitrogens with one attached hydrogen (secondary N) is 1. The van der Waals surface area contributed by atoms with Gasteiger partial charge in [0.2, 0.25) is 0 Å². The predicted molar refractivity (Wildman–Crippen MR) is 120 cm³/mol. The lowest BCUT2D eigenvalue weighted by atomic mass is 10.1. The third kappa shape index (κ3) is 4.30. The average Bonchev–Trinajstić information content (AvgIpc) is 3.29. The van der Waals surface area contributed by atoms with E-state index in [2.05, 4.69) is 10.3 Å². The van der Waals surface area contributed by atoms with Crippen LogP contribution in [0.3, 0.4) is 0 Å². The van der Waals surface area contributed by atoms with Gasteiger partial charge < -0.3 is 14.6 Å². The van der Waals surface area contributed by atoms with Crippen molar-refractivity contribution in [3.05, 3.63) is 71.5 Å². The summed E-state index contributed by atoms with van der Waals surface area (Å²) in [5, 5.41) is 4.42. The molecule has 2 amide bonds. The zero-order valence-corrected chi connectivity index (χ0v) is 17.8. The molecule has 3 aromatic rings. The van der Waals surface area contributed by atoms with Crippen LogP contribution in [0.15, 0.2) is 64.0 Å². The lowest BCUT2D eigenvalue weighted by Gasteiger charge is -2.21. The van der Waals surface area contributed by atoms with Gasteiger partial charge in [-0.3, -0.25) is 19.5 Å². The zero-order chi connectivity index (χ0) is 21.8. The van der Waals surface area contributed by atoms with Crippen LogP contribution >= 0.6 is 0 Å². The molecule has 2 heterocycles. The summed E-state index contributed by atoms with van der Waals surface area (Å²) in [4.78, 5) is 32.5. The van der Waals surface area contributed by atoms with Crippen molar-refractivity contribution in [3.63, 3.8) is 0 Å². The molecular weight excluding hydrogens is 392 g/mol. The molecule has 7 heteroatoms. The van der Waals surface area contributed by atoms with Crippen molar-refractivity contribution in [1.82, 2.24) is 15.1 Å². The largest absolute Gasteiger partial charge is 0.459 e. The quantitative estimate of drug-likeness (QED) is 0.275. The number of hydrogen-bond acceptors (Lipinski definition) is 4. The number of amides is 2. The second-order valence-corrected chi connectivity index (χ2v) is 7.60. The molecule has 31 heavy (non-hydrogen) atoms. The minimum atomic E-state index is -0.199. The minimum absolute atomic E-state index is 0.199. The van der Waals surface area contributed by atoms with Gasteiger partial charge in [0.05, 0.1) is 17.7 Å². The number of carbonyl (C=O) groups is 2. The first-order valence-electron chi connectivity index (χ1n) is 10.4. The molecule has 2 aromatic carbocycles. The first-order valence-corrected chi connectivity index (χ1v) is 10.4. The van der Waals surface area contributed by atoms with Crippen molar-refractivity contribution in [1.29, 1.82) is 0 Å². The second-order valence-electron chi connectivity index (χ2n) is 7.60. The summed E-state index contributed by atoms with van der Waals surface area (Å²) in [5.74, 6) is 1.24. The molecule has 0 bridgehead atoms. The van der Waals surface area contributed by atoms with Gasteiger partial charge in [-0.2, -0.15) is 0 Å². The van der Waals surface area contributed by atoms with Crippen molar-refractivity contribution in [3.8, 4) is 0 Å². The maximum Gasteiger partial charge on any atom is 0.261 e. The highest BCUT2D eigenvalue weighted by Crippen LogP contribution is 2.22. The van der Waals surface area contributed by atoms with Crippen molar-refractivity contribution in [2.75, 3.05) is 27.2 Å². The van der Waals surface area contributed by atoms with Crippen LogP contribution in [0.5, 0.6) is 0 Å². The number of benzene rings is 2. The van der Waals surface area contributed by atoms with Crippen molar-refractivity contribution in [2.24, 2.45) is 4.99 Å². The van der Waals surface area contributed by atoms with Crippen LogP contribution in [0.25, 0.3) is 11.0 Å². The molecule has 0 aliphatic carbocycles. The number of rotatable bonds is 7. The first kappa shape index (κ1) is 20.7. The third-order valence-electron chi connectivity index (χ3n) is 5.41. The van der Waals surface area contributed by atoms with E-state index in [9.17, 15) is 9.59 Å². The SMILES string of the molecule is CN=C(NCCCCN1C(=O)c2ccccc2C1=O)N(C)Cc1cc2ccccc2o1. The summed E-state index contributed by atoms with van der Waals surface area (Å²) in [6, 6.07) is 17.0. The van der Waals surface area contributed by atoms with Gasteiger partial charge in [-0.15, -0.1) is 0 Å². The van der Waals surface area contributed by atoms with Crippen LogP contribution in [0.1, 0.15) is 39.3 Å². The Morgan fingerprint density at radius 2 is 1.71 bits per heavy atom. The number of furan rings is 1. The van der Waals surface area contributed by atoms with Gasteiger partial charge in [-0.05, 0) is 37.1 Å². The Labute approximate surface area is 181 Å². The monoisotopic (exact) mass is 418 g/mol. The molecule has 0 fully saturated rings. The van der Waals surface area contributed by atoms with Crippen LogP contribution in [0.2, 0.25) is 0 Å². The summed E-state index contributed by atoms with van der Waals surface area (Å²) in [7, 11) is 3.71. The maximum atomic E-state index is 12.4. The Morgan fingerprint density at radius 3 is 2.39 bits per heavy atom. The van der Waals surface area contributed by atoms with Gasteiger partial charge in [0.25, 0.3) is 11.8 Å². The van der Waals surface area contributed by atoms with E-state index in [1.807, 2.05) is 42.3 Å². The van der Waals surface area contributed by atoms with E-state index < -0.39 is 0 Å². The number of nitrogens with zero attached hydrogens (tertiary/aromatic N) is 3. The number of guanidine groups is 1. The van der Waals surface area contributed by atoms with Gasteiger partial charge in [0, 0.05) is 32.6 Å². The average molecular weight is 418 g/mol. The summed E-state index contributed by atoms with van der Waals surface area (Å²) >= 11 is 0. The van der Waals surface area contributed by atoms with Crippen molar-refractivity contribution < 1.29 is 14.0 Å². The number of para-hydroxylation sites is 1. The van der Waals surface area contributed by atoms with Gasteiger partial charge >= 0.3 is 0 Å². The molecule has 0 unspecified atom stereocenters. The van der Waals surface area contributed by atoms with E-state index in [0.29, 0.717) is 30.8 Å². The third-order valence-corrected chi connectivity index (χ3v) is 5.41. The summed E-state index contributed by atoms with van der Waals surface area (Å²) in [5.41, 5.74) is 1.87. The van der Waals surface area contributed by atoms with Crippen LogP contribution in [-0.2, 0) is 6.54 Å². The van der Waals surface area contributed by atoms with Crippen LogP contribution in [0, 0.1) is 0 Å². The molecule has 1 aliphatic heterocycles. The van der Waals surface area contributed by atoms with Crippen molar-refractivity contribution >= 4 is 28.7 Å². The van der Waals surface area contributed by atoms with E-state index in [4.69, 9.17) is 4.42 Å². The fourth-order valence-corrected chi connectivity index (χ4v) is 3.85. The second kappa shape index (κ2) is 9.04. The van der Waals surface area contributed by atoms with Crippen LogP contribution < -0.4 is 5.32 Å². The smallest absolute Gasteiger partial charge is 0.261 e. The Hall–Kier alpha value is -3.61. The Morgan fingerprint density at radius 1 is 1.03 bits per heavy atom. The number of imide groups is 1. The minimum Gasteiger partial charge on any atom is -0.459 e. The molecule has 7 nitrogen and oxygen atoms in total. The Kier molecular flexibility index (Phi) is 6.02. The van der Waals surface area contributed by atoms with Crippen LogP contribution in [-0.4, -0.2) is 54.8 Å². The number of unbranched alkanes of at least 4 members (excludes halogenated alkanes) is 1. The van der Waals surface area contributed by atoms with E-state index in [0.717, 1.165) is 35.5 Å². The molecular formula is C24H26N4O3. The molecule has 4 rings (SSSR count). The molecule has 1 aromatic heterocycles. The molecule has 160 valence electrons. The normalized spacial score (nSPS) is 13.7. The van der Waals surface area contributed by atoms with Crippen LogP contribution in [0.4, 0.5) is 0 Å². The molecule has 1 N–H and O–H groups in total. The lowest BCUT2D eigenvalue weighted by molar-refractivity contribution is 0.0652. The molecule has 0 spiro atoms. The summed E-state index contributed by atoms with van der Waals surface area (Å²) in [6.45, 7) is 1.71. The number of carbonyl (C=O) groups excluding carboxylic acids is 2. The highest BCUT2D eigenvalue weighted by molar-refractivity contribution is 6.21. The molecule has 0 saturated heterocycles. The van der Waals surface area contributed by atoms with E-state index in [1.165, 1.54) is 4.90 Å². The molecule has 1 aliphatic rings. The maximum absolute atomic E-state index is 12.4. The topological polar surface area (TPSA) is 78.2 Å². The summed E-state index contributed by atoms with van der Waals surface area (Å²) < 4.78 is 5.89. The zero-order valence-electron chi connectivity index (χ0n) is 17.8. The van der Waals surface area contributed by atoms with Gasteiger partial charge in [-0.1, -0.05) is 30.3 Å².